The first kappa shape index (κ1) is 33.2. The monoisotopic (exact) mass is 605 g/mol. The number of benzene rings is 2. The molecular weight excluding hydrogens is 557 g/mol. The maximum atomic E-state index is 13.6. The molecule has 4 rings (SSSR count). The van der Waals surface area contributed by atoms with Crippen LogP contribution in [0.3, 0.4) is 0 Å². The highest BCUT2D eigenvalue weighted by atomic mass is 19.1. The highest BCUT2D eigenvalue weighted by Gasteiger charge is 2.38. The summed E-state index contributed by atoms with van der Waals surface area (Å²) < 4.78 is 31.4. The van der Waals surface area contributed by atoms with Crippen LogP contribution in [0, 0.1) is 18.2 Å². The van der Waals surface area contributed by atoms with E-state index in [1.165, 1.54) is 12.1 Å². The molecule has 1 aliphatic rings. The predicted octanol–water partition coefficient (Wildman–Crippen LogP) is 7.83. The van der Waals surface area contributed by atoms with E-state index in [2.05, 4.69) is 18.7 Å². The highest BCUT2D eigenvalue weighted by Crippen LogP contribution is 2.46. The lowest BCUT2D eigenvalue weighted by atomic mass is 9.82. The zero-order valence-corrected chi connectivity index (χ0v) is 27.5. The van der Waals surface area contributed by atoms with Gasteiger partial charge in [-0.15, -0.1) is 0 Å². The normalized spacial score (nSPS) is 15.7. The van der Waals surface area contributed by atoms with Gasteiger partial charge in [-0.2, -0.15) is 0 Å². The molecule has 238 valence electrons. The molecule has 2 N–H and O–H groups in total. The molecule has 8 heteroatoms. The van der Waals surface area contributed by atoms with E-state index in [0.717, 1.165) is 59.8 Å². The molecule has 7 nitrogen and oxygen atoms in total. The lowest BCUT2D eigenvalue weighted by molar-refractivity contribution is -0.171. The fourth-order valence-electron chi connectivity index (χ4n) is 5.52. The molecular formula is C36H48FN3O4. The van der Waals surface area contributed by atoms with Gasteiger partial charge in [0.15, 0.2) is 6.10 Å². The maximum absolute atomic E-state index is 13.6. The summed E-state index contributed by atoms with van der Waals surface area (Å²) in [6.45, 7) is 18.0. The number of ether oxygens (including phenoxy) is 3. The van der Waals surface area contributed by atoms with Gasteiger partial charge in [-0.1, -0.05) is 38.1 Å². The molecule has 0 amide bonds. The molecule has 1 aromatic heterocycles. The Bertz CT molecular complexity index is 1420. The number of hydrogen-bond acceptors (Lipinski definition) is 7. The van der Waals surface area contributed by atoms with Gasteiger partial charge in [0.25, 0.3) is 0 Å². The van der Waals surface area contributed by atoms with Crippen molar-refractivity contribution < 1.29 is 23.4 Å². The Kier molecular flexibility index (Phi) is 10.2. The van der Waals surface area contributed by atoms with E-state index in [1.54, 1.807) is 12.1 Å². The third kappa shape index (κ3) is 8.50. The Balaban J connectivity index is 1.75. The van der Waals surface area contributed by atoms with Crippen molar-refractivity contribution in [3.8, 4) is 16.9 Å². The van der Waals surface area contributed by atoms with Crippen LogP contribution in [0.15, 0.2) is 48.5 Å². The zero-order valence-electron chi connectivity index (χ0n) is 27.5. The number of nitrogens with zero attached hydrogens (tertiary/aromatic N) is 2. The molecule has 2 heterocycles. The van der Waals surface area contributed by atoms with E-state index in [4.69, 9.17) is 24.9 Å². The predicted molar refractivity (Wildman–Crippen MR) is 174 cm³/mol. The van der Waals surface area contributed by atoms with Gasteiger partial charge in [0.05, 0.1) is 29.6 Å². The molecule has 3 aromatic rings. The number of rotatable bonds is 10. The number of piperidine rings is 1. The molecule has 0 bridgehead atoms. The number of hydrogen-bond donors (Lipinski definition) is 1. The lowest BCUT2D eigenvalue weighted by Crippen LogP contribution is -2.39. The minimum absolute atomic E-state index is 0.217. The summed E-state index contributed by atoms with van der Waals surface area (Å²) in [5.74, 6) is 0.262. The smallest absolute Gasteiger partial charge is 0.340 e. The standard InChI is InChI=1S/C36H48FN3O4/c1-23(2)43-34(41)32(44-35(4,5)6)30-31(40-20-18-36(7,8)19-21-40)29(24(3)39-33(30)38)26-11-15-28(16-12-26)42-22-17-25-9-13-27(37)14-10-25/h9-16,23,32H,17-22H2,1-8H3,(H2,38,39). The second-order valence-electron chi connectivity index (χ2n) is 13.7. The van der Waals surface area contributed by atoms with Crippen molar-refractivity contribution in [2.45, 2.75) is 92.5 Å². The molecule has 2 aromatic carbocycles. The molecule has 0 saturated carbocycles. The Labute approximate surface area is 261 Å². The summed E-state index contributed by atoms with van der Waals surface area (Å²) in [6.07, 6.45) is 1.29. The van der Waals surface area contributed by atoms with Crippen LogP contribution < -0.4 is 15.4 Å². The molecule has 44 heavy (non-hydrogen) atoms. The summed E-state index contributed by atoms with van der Waals surface area (Å²) in [6, 6.07) is 14.4. The van der Waals surface area contributed by atoms with Crippen LogP contribution in [-0.2, 0) is 20.7 Å². The SMILES string of the molecule is Cc1nc(N)c(C(OC(C)(C)C)C(=O)OC(C)C)c(N2CCC(C)(C)CC2)c1-c1ccc(OCCc2ccc(F)cc2)cc1. The Morgan fingerprint density at radius 3 is 2.23 bits per heavy atom. The van der Waals surface area contributed by atoms with Crippen molar-refractivity contribution in [3.63, 3.8) is 0 Å². The van der Waals surface area contributed by atoms with E-state index in [-0.39, 0.29) is 23.2 Å². The topological polar surface area (TPSA) is 86.9 Å². The molecule has 1 fully saturated rings. The maximum Gasteiger partial charge on any atom is 0.340 e. The summed E-state index contributed by atoms with van der Waals surface area (Å²) >= 11 is 0. The quantitative estimate of drug-likeness (QED) is 0.236. The van der Waals surface area contributed by atoms with Gasteiger partial charge in [-0.05, 0) is 95.2 Å². The first-order valence-electron chi connectivity index (χ1n) is 15.5. The summed E-state index contributed by atoms with van der Waals surface area (Å²) in [4.78, 5) is 20.7. The van der Waals surface area contributed by atoms with Crippen molar-refractivity contribution in [1.82, 2.24) is 4.98 Å². The number of aromatic nitrogens is 1. The lowest BCUT2D eigenvalue weighted by Gasteiger charge is -2.41. The summed E-state index contributed by atoms with van der Waals surface area (Å²) in [5, 5.41) is 0. The first-order chi connectivity index (χ1) is 20.6. The Morgan fingerprint density at radius 1 is 1.05 bits per heavy atom. The summed E-state index contributed by atoms with van der Waals surface area (Å²) in [7, 11) is 0. The van der Waals surface area contributed by atoms with E-state index < -0.39 is 17.7 Å². The number of carbonyl (C=O) groups is 1. The number of nitrogens with two attached hydrogens (primary N) is 1. The van der Waals surface area contributed by atoms with E-state index >= 15 is 0 Å². The number of aryl methyl sites for hydroxylation is 1. The van der Waals surface area contributed by atoms with Gasteiger partial charge in [0, 0.05) is 30.8 Å². The molecule has 0 spiro atoms. The number of anilines is 2. The molecule has 1 atom stereocenters. The molecule has 0 aliphatic carbocycles. The number of nitrogen functional groups attached to an aromatic ring is 1. The van der Waals surface area contributed by atoms with Crippen LogP contribution >= 0.6 is 0 Å². The van der Waals surface area contributed by atoms with Crippen molar-refractivity contribution in [1.29, 1.82) is 0 Å². The van der Waals surface area contributed by atoms with Crippen LogP contribution in [0.5, 0.6) is 5.75 Å². The van der Waals surface area contributed by atoms with E-state index in [0.29, 0.717) is 18.6 Å². The van der Waals surface area contributed by atoms with Gasteiger partial charge in [0.2, 0.25) is 0 Å². The van der Waals surface area contributed by atoms with Crippen molar-refractivity contribution >= 4 is 17.5 Å². The third-order valence-electron chi connectivity index (χ3n) is 7.87. The minimum Gasteiger partial charge on any atom is -0.493 e. The number of esters is 1. The average Bonchev–Trinajstić information content (AvgIpc) is 2.92. The fourth-order valence-corrected chi connectivity index (χ4v) is 5.52. The van der Waals surface area contributed by atoms with Crippen molar-refractivity contribution in [2.24, 2.45) is 5.41 Å². The number of halogens is 1. The van der Waals surface area contributed by atoms with Crippen LogP contribution in [0.1, 0.15) is 84.2 Å². The average molecular weight is 606 g/mol. The molecule has 0 radical (unpaired) electrons. The van der Waals surface area contributed by atoms with Gasteiger partial charge in [-0.3, -0.25) is 0 Å². The van der Waals surface area contributed by atoms with Crippen molar-refractivity contribution in [2.75, 3.05) is 30.3 Å². The van der Waals surface area contributed by atoms with Crippen LogP contribution in [0.25, 0.3) is 11.1 Å². The van der Waals surface area contributed by atoms with Gasteiger partial charge >= 0.3 is 5.97 Å². The van der Waals surface area contributed by atoms with Crippen LogP contribution in [0.4, 0.5) is 15.9 Å². The van der Waals surface area contributed by atoms with Crippen molar-refractivity contribution in [3.05, 3.63) is 71.2 Å². The molecule has 1 saturated heterocycles. The first-order valence-corrected chi connectivity index (χ1v) is 15.5. The van der Waals surface area contributed by atoms with Gasteiger partial charge < -0.3 is 24.8 Å². The van der Waals surface area contributed by atoms with Gasteiger partial charge in [0.1, 0.15) is 17.4 Å². The van der Waals surface area contributed by atoms with E-state index in [9.17, 15) is 9.18 Å². The number of pyridine rings is 1. The fraction of sp³-hybridized carbons (Fsp3) is 0.500. The second-order valence-corrected chi connectivity index (χ2v) is 13.7. The number of carbonyl (C=O) groups excluding carboxylic acids is 1. The van der Waals surface area contributed by atoms with Gasteiger partial charge in [-0.25, -0.2) is 14.2 Å². The second kappa shape index (κ2) is 13.6. The third-order valence-corrected chi connectivity index (χ3v) is 7.87. The van der Waals surface area contributed by atoms with Crippen LogP contribution in [0.2, 0.25) is 0 Å². The van der Waals surface area contributed by atoms with Crippen LogP contribution in [-0.4, -0.2) is 42.4 Å². The Morgan fingerprint density at radius 2 is 1.66 bits per heavy atom. The molecule has 1 aliphatic heterocycles. The van der Waals surface area contributed by atoms with E-state index in [1.807, 2.05) is 65.8 Å². The highest BCUT2D eigenvalue weighted by molar-refractivity contribution is 5.90. The Hall–Kier alpha value is -3.65. The zero-order chi connectivity index (χ0) is 32.2. The summed E-state index contributed by atoms with van der Waals surface area (Å²) in [5.41, 5.74) is 11.3. The minimum atomic E-state index is -1.05. The largest absolute Gasteiger partial charge is 0.493 e. The molecule has 1 unspecified atom stereocenters.